The largest absolute Gasteiger partial charge is 0.508 e. The molecular weight excluding hydrogens is 456 g/mol. The van der Waals surface area contributed by atoms with Crippen molar-refractivity contribution in [3.8, 4) is 11.5 Å². The fourth-order valence-corrected chi connectivity index (χ4v) is 5.32. The number of carbonyl (C=O) groups is 1. The highest BCUT2D eigenvalue weighted by Crippen LogP contribution is 2.38. The number of allylic oxidation sites excluding steroid dienone is 1. The molecule has 0 saturated heterocycles. The van der Waals surface area contributed by atoms with Crippen molar-refractivity contribution in [2.45, 2.75) is 117 Å². The Kier molecular flexibility index (Phi) is 13.0. The van der Waals surface area contributed by atoms with E-state index in [1.54, 1.807) is 25.3 Å². The minimum atomic E-state index is -0.0650. The molecule has 3 heteroatoms. The van der Waals surface area contributed by atoms with E-state index in [1.807, 2.05) is 12.1 Å². The number of aromatic hydroxyl groups is 1. The van der Waals surface area contributed by atoms with Gasteiger partial charge >= 0.3 is 0 Å². The Morgan fingerprint density at radius 3 is 2.00 bits per heavy atom. The van der Waals surface area contributed by atoms with E-state index < -0.39 is 0 Å². The van der Waals surface area contributed by atoms with E-state index in [1.165, 1.54) is 24.0 Å². The van der Waals surface area contributed by atoms with Crippen molar-refractivity contribution >= 4 is 11.9 Å². The number of hydrogen-bond donors (Lipinski definition) is 1. The summed E-state index contributed by atoms with van der Waals surface area (Å²) in [6.07, 6.45) is 13.7. The minimum absolute atomic E-state index is 0.0650. The van der Waals surface area contributed by atoms with Crippen molar-refractivity contribution in [3.05, 3.63) is 64.2 Å². The van der Waals surface area contributed by atoms with Gasteiger partial charge in [0, 0.05) is 16.7 Å². The van der Waals surface area contributed by atoms with Crippen molar-refractivity contribution in [1.29, 1.82) is 0 Å². The third-order valence-electron chi connectivity index (χ3n) is 7.71. The summed E-state index contributed by atoms with van der Waals surface area (Å²) in [7, 11) is 1.75. The summed E-state index contributed by atoms with van der Waals surface area (Å²) in [5.41, 5.74) is 4.87. The molecule has 0 radical (unpaired) electrons. The Labute approximate surface area is 226 Å². The first kappa shape index (κ1) is 30.7. The van der Waals surface area contributed by atoms with Crippen LogP contribution >= 0.6 is 0 Å². The van der Waals surface area contributed by atoms with Crippen molar-refractivity contribution in [2.75, 3.05) is 7.11 Å². The lowest BCUT2D eigenvalue weighted by Gasteiger charge is -2.22. The van der Waals surface area contributed by atoms with Gasteiger partial charge in [0.15, 0.2) is 5.78 Å². The van der Waals surface area contributed by atoms with Crippen LogP contribution in [0.2, 0.25) is 0 Å². The number of phenolic OH excluding ortho intramolecular Hbond substituents is 1. The van der Waals surface area contributed by atoms with Gasteiger partial charge in [-0.1, -0.05) is 104 Å². The highest BCUT2D eigenvalue weighted by molar-refractivity contribution is 6.08. The Morgan fingerprint density at radius 2 is 1.43 bits per heavy atom. The third kappa shape index (κ3) is 8.48. The maximum Gasteiger partial charge on any atom is 0.186 e. The second kappa shape index (κ2) is 15.6. The molecule has 0 heterocycles. The molecule has 0 aliphatic carbocycles. The van der Waals surface area contributed by atoms with Crippen molar-refractivity contribution in [2.24, 2.45) is 0 Å². The van der Waals surface area contributed by atoms with Crippen molar-refractivity contribution in [1.82, 2.24) is 0 Å². The first-order chi connectivity index (χ1) is 17.8. The summed E-state index contributed by atoms with van der Waals surface area (Å²) in [5.74, 6) is 1.95. The first-order valence-electron chi connectivity index (χ1n) is 14.5. The van der Waals surface area contributed by atoms with E-state index in [0.29, 0.717) is 17.4 Å². The van der Waals surface area contributed by atoms with Gasteiger partial charge in [0.25, 0.3) is 0 Å². The molecule has 37 heavy (non-hydrogen) atoms. The molecule has 0 aliphatic heterocycles. The molecule has 0 bridgehead atoms. The topological polar surface area (TPSA) is 46.5 Å². The van der Waals surface area contributed by atoms with Crippen molar-refractivity contribution < 1.29 is 14.6 Å². The van der Waals surface area contributed by atoms with Crippen LogP contribution in [0.4, 0.5) is 0 Å². The van der Waals surface area contributed by atoms with Gasteiger partial charge in [-0.3, -0.25) is 4.79 Å². The molecular formula is C34H50O3. The summed E-state index contributed by atoms with van der Waals surface area (Å²) in [6, 6.07) is 9.78. The number of carbonyl (C=O) groups excluding carboxylic acids is 1. The summed E-state index contributed by atoms with van der Waals surface area (Å²) < 4.78 is 5.93. The number of ether oxygens (including phenoxy) is 1. The normalized spacial score (nSPS) is 14.0. The van der Waals surface area contributed by atoms with E-state index in [4.69, 9.17) is 4.74 Å². The second-order valence-corrected chi connectivity index (χ2v) is 10.8. The quantitative estimate of drug-likeness (QED) is 0.182. The summed E-state index contributed by atoms with van der Waals surface area (Å²) >= 11 is 0. The number of methoxy groups -OCH3 is 1. The van der Waals surface area contributed by atoms with Crippen LogP contribution in [0.25, 0.3) is 6.08 Å². The van der Waals surface area contributed by atoms with Crippen LogP contribution in [-0.2, 0) is 0 Å². The van der Waals surface area contributed by atoms with Gasteiger partial charge in [-0.05, 0) is 66.4 Å². The fourth-order valence-electron chi connectivity index (χ4n) is 5.32. The lowest BCUT2D eigenvalue weighted by atomic mass is 9.85. The Balaban J connectivity index is 2.53. The Bertz CT molecular complexity index is 1020. The second-order valence-electron chi connectivity index (χ2n) is 10.8. The molecule has 3 nitrogen and oxygen atoms in total. The number of phenols is 1. The highest BCUT2D eigenvalue weighted by Gasteiger charge is 2.21. The average Bonchev–Trinajstić information content (AvgIpc) is 2.90. The predicted molar refractivity (Wildman–Crippen MR) is 158 cm³/mol. The maximum absolute atomic E-state index is 13.5. The molecule has 3 unspecified atom stereocenters. The lowest BCUT2D eigenvalue weighted by Crippen LogP contribution is -2.06. The summed E-state index contributed by atoms with van der Waals surface area (Å²) in [5, 5.41) is 10.6. The molecule has 0 aliphatic rings. The van der Waals surface area contributed by atoms with Crippen LogP contribution in [0, 0.1) is 0 Å². The minimum Gasteiger partial charge on any atom is -0.508 e. The van der Waals surface area contributed by atoms with Crippen LogP contribution < -0.4 is 4.74 Å². The summed E-state index contributed by atoms with van der Waals surface area (Å²) in [4.78, 5) is 13.5. The molecule has 0 fully saturated rings. The number of ketones is 1. The van der Waals surface area contributed by atoms with Gasteiger partial charge in [-0.2, -0.15) is 0 Å². The van der Waals surface area contributed by atoms with Crippen LogP contribution in [0.1, 0.15) is 150 Å². The van der Waals surface area contributed by atoms with E-state index >= 15 is 0 Å². The zero-order valence-electron chi connectivity index (χ0n) is 24.4. The molecule has 2 aromatic carbocycles. The highest BCUT2D eigenvalue weighted by atomic mass is 16.5. The molecule has 0 spiro atoms. The SMILES string of the molecule is CCCCC(C)c1cc(/C=C/C(=O)c2cccc(O)c2C(C)CCCC)c(C(C)CCCC)c(OC)c1. The molecule has 1 N–H and O–H groups in total. The summed E-state index contributed by atoms with van der Waals surface area (Å²) in [6.45, 7) is 13.2. The van der Waals surface area contributed by atoms with Gasteiger partial charge in [-0.25, -0.2) is 0 Å². The Hall–Kier alpha value is -2.55. The number of benzene rings is 2. The molecule has 0 aromatic heterocycles. The Morgan fingerprint density at radius 1 is 0.865 bits per heavy atom. The number of unbranched alkanes of at least 4 members (excludes halogenated alkanes) is 3. The van der Waals surface area contributed by atoms with Crippen LogP contribution in [0.3, 0.4) is 0 Å². The van der Waals surface area contributed by atoms with Gasteiger partial charge in [0.05, 0.1) is 7.11 Å². The van der Waals surface area contributed by atoms with E-state index in [2.05, 4.69) is 53.7 Å². The zero-order chi connectivity index (χ0) is 27.4. The first-order valence-corrected chi connectivity index (χ1v) is 14.5. The maximum atomic E-state index is 13.5. The van der Waals surface area contributed by atoms with Crippen LogP contribution in [-0.4, -0.2) is 18.0 Å². The molecule has 3 atom stereocenters. The third-order valence-corrected chi connectivity index (χ3v) is 7.71. The van der Waals surface area contributed by atoms with Crippen molar-refractivity contribution in [3.63, 3.8) is 0 Å². The molecule has 204 valence electrons. The fraction of sp³-hybridized carbons (Fsp3) is 0.559. The number of rotatable bonds is 16. The van der Waals surface area contributed by atoms with E-state index in [9.17, 15) is 9.90 Å². The number of hydrogen-bond acceptors (Lipinski definition) is 3. The predicted octanol–water partition coefficient (Wildman–Crippen LogP) is 10.2. The molecule has 0 amide bonds. The van der Waals surface area contributed by atoms with Crippen LogP contribution in [0.5, 0.6) is 11.5 Å². The van der Waals surface area contributed by atoms with E-state index in [0.717, 1.165) is 61.8 Å². The smallest absolute Gasteiger partial charge is 0.186 e. The average molecular weight is 507 g/mol. The molecule has 0 saturated carbocycles. The van der Waals surface area contributed by atoms with Gasteiger partial charge in [0.2, 0.25) is 0 Å². The standard InChI is InChI=1S/C34H50O3/c1-8-11-15-24(4)28-22-27(33(32(23-28)37-7)25(5)16-12-9-2)20-21-30(35)29-18-14-19-31(36)34(29)26(6)17-13-10-3/h14,18-26,36H,8-13,15-17H2,1-7H3/b21-20+. The molecule has 2 aromatic rings. The lowest BCUT2D eigenvalue weighted by molar-refractivity contribution is 0.104. The van der Waals surface area contributed by atoms with Gasteiger partial charge in [0.1, 0.15) is 11.5 Å². The monoisotopic (exact) mass is 506 g/mol. The van der Waals surface area contributed by atoms with E-state index in [-0.39, 0.29) is 17.5 Å². The zero-order valence-corrected chi connectivity index (χ0v) is 24.4. The molecule has 2 rings (SSSR count). The van der Waals surface area contributed by atoms with Gasteiger partial charge in [-0.15, -0.1) is 0 Å². The van der Waals surface area contributed by atoms with Gasteiger partial charge < -0.3 is 9.84 Å². The van der Waals surface area contributed by atoms with Crippen LogP contribution in [0.15, 0.2) is 36.4 Å².